The topological polar surface area (TPSA) is 49.3 Å². The Morgan fingerprint density at radius 1 is 1.26 bits per heavy atom. The molecule has 1 fully saturated rings. The van der Waals surface area contributed by atoms with Gasteiger partial charge in [-0.25, -0.2) is 0 Å². The summed E-state index contributed by atoms with van der Waals surface area (Å²) in [6, 6.07) is 4.78. The molecule has 0 spiro atoms. The highest BCUT2D eigenvalue weighted by Gasteiger charge is 2.33. The Labute approximate surface area is 122 Å². The maximum Gasteiger partial charge on any atom is 0.253 e. The summed E-state index contributed by atoms with van der Waals surface area (Å²) in [5.74, 6) is -0.252. The largest absolute Gasteiger partial charge is 0.394 e. The standard InChI is InChI=1S/C14H17Cl2NO2/c15-10-4-5-11(12(16)8-10)13(19)17-14(9-18)6-2-1-3-7-14/h4-5,8,18H,1-3,6-7,9H2,(H,17,19). The van der Waals surface area contributed by atoms with Gasteiger partial charge in [0.05, 0.1) is 22.7 Å². The number of halogens is 2. The second-order valence-electron chi connectivity index (χ2n) is 5.08. The van der Waals surface area contributed by atoms with Crippen molar-refractivity contribution < 1.29 is 9.90 Å². The number of carbonyl (C=O) groups is 1. The van der Waals surface area contributed by atoms with Crippen LogP contribution in [0.1, 0.15) is 42.5 Å². The van der Waals surface area contributed by atoms with Crippen LogP contribution < -0.4 is 5.32 Å². The fourth-order valence-corrected chi connectivity index (χ4v) is 3.03. The summed E-state index contributed by atoms with van der Waals surface area (Å²) >= 11 is 11.8. The minimum absolute atomic E-state index is 0.0377. The number of nitrogens with one attached hydrogen (secondary N) is 1. The molecule has 0 radical (unpaired) electrons. The van der Waals surface area contributed by atoms with E-state index in [1.54, 1.807) is 18.2 Å². The van der Waals surface area contributed by atoms with Gasteiger partial charge >= 0.3 is 0 Å². The van der Waals surface area contributed by atoms with Crippen LogP contribution in [0.25, 0.3) is 0 Å². The highest BCUT2D eigenvalue weighted by molar-refractivity contribution is 6.36. The zero-order valence-electron chi connectivity index (χ0n) is 10.6. The molecular formula is C14H17Cl2NO2. The monoisotopic (exact) mass is 301 g/mol. The second kappa shape index (κ2) is 6.12. The molecule has 0 aliphatic heterocycles. The molecular weight excluding hydrogens is 285 g/mol. The predicted octanol–water partition coefficient (Wildman–Crippen LogP) is 3.42. The van der Waals surface area contributed by atoms with Crippen molar-refractivity contribution in [3.05, 3.63) is 33.8 Å². The second-order valence-corrected chi connectivity index (χ2v) is 5.92. The average molecular weight is 302 g/mol. The maximum absolute atomic E-state index is 12.3. The number of aliphatic hydroxyl groups excluding tert-OH is 1. The quantitative estimate of drug-likeness (QED) is 0.899. The van der Waals surface area contributed by atoms with Crippen LogP contribution in [0.3, 0.4) is 0 Å². The van der Waals surface area contributed by atoms with E-state index in [0.29, 0.717) is 15.6 Å². The van der Waals surface area contributed by atoms with Crippen LogP contribution >= 0.6 is 23.2 Å². The van der Waals surface area contributed by atoms with E-state index in [0.717, 1.165) is 32.1 Å². The third-order valence-electron chi connectivity index (χ3n) is 3.67. The first-order chi connectivity index (χ1) is 9.06. The first-order valence-electron chi connectivity index (χ1n) is 6.45. The van der Waals surface area contributed by atoms with Crippen LogP contribution in [-0.4, -0.2) is 23.2 Å². The lowest BCUT2D eigenvalue weighted by Crippen LogP contribution is -2.52. The summed E-state index contributed by atoms with van der Waals surface area (Å²) in [4.78, 5) is 12.3. The van der Waals surface area contributed by atoms with E-state index < -0.39 is 5.54 Å². The Bertz CT molecular complexity index is 471. The van der Waals surface area contributed by atoms with Gasteiger partial charge in [-0.2, -0.15) is 0 Å². The third-order valence-corrected chi connectivity index (χ3v) is 4.22. The molecule has 1 amide bonds. The molecule has 1 aliphatic carbocycles. The zero-order chi connectivity index (χ0) is 13.9. The summed E-state index contributed by atoms with van der Waals surface area (Å²) in [6.45, 7) is -0.0377. The van der Waals surface area contributed by atoms with E-state index in [9.17, 15) is 9.90 Å². The Balaban J connectivity index is 2.15. The van der Waals surface area contributed by atoms with Gasteiger partial charge in [-0.3, -0.25) is 4.79 Å². The number of benzene rings is 1. The summed E-state index contributed by atoms with van der Waals surface area (Å²) in [5, 5.41) is 13.3. The average Bonchev–Trinajstić information content (AvgIpc) is 2.39. The highest BCUT2D eigenvalue weighted by atomic mass is 35.5. The van der Waals surface area contributed by atoms with E-state index in [1.807, 2.05) is 0 Å². The summed E-state index contributed by atoms with van der Waals surface area (Å²) < 4.78 is 0. The van der Waals surface area contributed by atoms with Gasteiger partial charge < -0.3 is 10.4 Å². The molecule has 3 nitrogen and oxygen atoms in total. The number of rotatable bonds is 3. The number of hydrogen-bond donors (Lipinski definition) is 2. The van der Waals surface area contributed by atoms with Crippen LogP contribution in [0, 0.1) is 0 Å². The Morgan fingerprint density at radius 3 is 2.53 bits per heavy atom. The third kappa shape index (κ3) is 3.41. The smallest absolute Gasteiger partial charge is 0.253 e. The van der Waals surface area contributed by atoms with Crippen molar-refractivity contribution in [2.45, 2.75) is 37.6 Å². The van der Waals surface area contributed by atoms with Crippen molar-refractivity contribution in [2.75, 3.05) is 6.61 Å². The first kappa shape index (κ1) is 14.6. The Morgan fingerprint density at radius 2 is 1.95 bits per heavy atom. The molecule has 1 aromatic carbocycles. The summed E-state index contributed by atoms with van der Waals surface area (Å²) in [6.07, 6.45) is 4.81. The van der Waals surface area contributed by atoms with Gasteiger partial charge in [0.1, 0.15) is 0 Å². The number of carbonyl (C=O) groups excluding carboxylic acids is 1. The molecule has 19 heavy (non-hydrogen) atoms. The van der Waals surface area contributed by atoms with Crippen molar-refractivity contribution >= 4 is 29.1 Å². The van der Waals surface area contributed by atoms with E-state index in [2.05, 4.69) is 5.32 Å². The van der Waals surface area contributed by atoms with E-state index in [-0.39, 0.29) is 12.5 Å². The molecule has 2 rings (SSSR count). The molecule has 1 aliphatic rings. The van der Waals surface area contributed by atoms with Gasteiger partial charge in [-0.1, -0.05) is 42.5 Å². The molecule has 1 aromatic rings. The SMILES string of the molecule is O=C(NC1(CO)CCCCC1)c1ccc(Cl)cc1Cl. The fraction of sp³-hybridized carbons (Fsp3) is 0.500. The normalized spacial score (nSPS) is 18.1. The predicted molar refractivity (Wildman–Crippen MR) is 76.8 cm³/mol. The lowest BCUT2D eigenvalue weighted by atomic mass is 9.82. The molecule has 5 heteroatoms. The minimum atomic E-state index is -0.502. The van der Waals surface area contributed by atoms with Crippen molar-refractivity contribution in [1.29, 1.82) is 0 Å². The highest BCUT2D eigenvalue weighted by Crippen LogP contribution is 2.29. The van der Waals surface area contributed by atoms with E-state index >= 15 is 0 Å². The molecule has 1 saturated carbocycles. The molecule has 0 unspecified atom stereocenters. The van der Waals surface area contributed by atoms with Crippen LogP contribution in [0.5, 0.6) is 0 Å². The van der Waals surface area contributed by atoms with Crippen LogP contribution in [-0.2, 0) is 0 Å². The fourth-order valence-electron chi connectivity index (χ4n) is 2.53. The summed E-state index contributed by atoms with van der Waals surface area (Å²) in [7, 11) is 0. The summed E-state index contributed by atoms with van der Waals surface area (Å²) in [5.41, 5.74) is -0.109. The lowest BCUT2D eigenvalue weighted by molar-refractivity contribution is 0.0759. The number of aliphatic hydroxyl groups is 1. The minimum Gasteiger partial charge on any atom is -0.394 e. The van der Waals surface area contributed by atoms with Crippen LogP contribution in [0.4, 0.5) is 0 Å². The van der Waals surface area contributed by atoms with Crippen LogP contribution in [0.15, 0.2) is 18.2 Å². The van der Waals surface area contributed by atoms with E-state index in [1.165, 1.54) is 0 Å². The van der Waals surface area contributed by atoms with Gasteiger partial charge in [0, 0.05) is 5.02 Å². The van der Waals surface area contributed by atoms with E-state index in [4.69, 9.17) is 23.2 Å². The van der Waals surface area contributed by atoms with Gasteiger partial charge in [-0.05, 0) is 31.0 Å². The number of amides is 1. The maximum atomic E-state index is 12.3. The van der Waals surface area contributed by atoms with Crippen molar-refractivity contribution in [2.24, 2.45) is 0 Å². The lowest BCUT2D eigenvalue weighted by Gasteiger charge is -2.36. The van der Waals surface area contributed by atoms with Crippen molar-refractivity contribution in [3.8, 4) is 0 Å². The molecule has 104 valence electrons. The van der Waals surface area contributed by atoms with Crippen molar-refractivity contribution in [3.63, 3.8) is 0 Å². The van der Waals surface area contributed by atoms with Gasteiger partial charge in [0.25, 0.3) is 5.91 Å². The Hall–Kier alpha value is -0.770. The van der Waals surface area contributed by atoms with Crippen molar-refractivity contribution in [1.82, 2.24) is 5.32 Å². The molecule has 0 atom stereocenters. The Kier molecular flexibility index (Phi) is 4.71. The first-order valence-corrected chi connectivity index (χ1v) is 7.20. The molecule has 0 aromatic heterocycles. The molecule has 0 bridgehead atoms. The van der Waals surface area contributed by atoms with Gasteiger partial charge in [0.2, 0.25) is 0 Å². The molecule has 2 N–H and O–H groups in total. The number of hydrogen-bond acceptors (Lipinski definition) is 2. The van der Waals surface area contributed by atoms with Gasteiger partial charge in [0.15, 0.2) is 0 Å². The molecule has 0 heterocycles. The van der Waals surface area contributed by atoms with Crippen LogP contribution in [0.2, 0.25) is 10.0 Å². The van der Waals surface area contributed by atoms with Gasteiger partial charge in [-0.15, -0.1) is 0 Å². The molecule has 0 saturated heterocycles. The zero-order valence-corrected chi connectivity index (χ0v) is 12.1.